The molecule has 116 valence electrons. The molecule has 0 unspecified atom stereocenters. The number of aromatic amines is 1. The second-order valence-electron chi connectivity index (χ2n) is 4.70. The van der Waals surface area contributed by atoms with E-state index in [4.69, 9.17) is 4.74 Å². The van der Waals surface area contributed by atoms with Gasteiger partial charge in [0.15, 0.2) is 5.82 Å². The van der Waals surface area contributed by atoms with Gasteiger partial charge in [-0.15, -0.1) is 5.10 Å². The van der Waals surface area contributed by atoms with Crippen LogP contribution in [0.15, 0.2) is 53.0 Å². The standard InChI is InChI=1S/C16H13BrN4O2/c1-23-13-7-5-10(6-8-13)14-18-16(21-20-14)19-15(22)11-3-2-4-12(17)9-11/h2-9H,1H3,(H2,18,19,20,21,22). The van der Waals surface area contributed by atoms with Gasteiger partial charge in [-0.2, -0.15) is 4.98 Å². The quantitative estimate of drug-likeness (QED) is 0.734. The maximum Gasteiger partial charge on any atom is 0.258 e. The third kappa shape index (κ3) is 3.57. The van der Waals surface area contributed by atoms with Crippen molar-refractivity contribution in [1.29, 1.82) is 0 Å². The zero-order chi connectivity index (χ0) is 16.2. The summed E-state index contributed by atoms with van der Waals surface area (Å²) in [6.07, 6.45) is 0. The number of anilines is 1. The molecule has 2 N–H and O–H groups in total. The fraction of sp³-hybridized carbons (Fsp3) is 0.0625. The molecule has 0 aliphatic heterocycles. The Hall–Kier alpha value is -2.67. The molecular formula is C16H13BrN4O2. The lowest BCUT2D eigenvalue weighted by molar-refractivity contribution is 0.102. The summed E-state index contributed by atoms with van der Waals surface area (Å²) in [7, 11) is 1.61. The Kier molecular flexibility index (Phi) is 4.38. The highest BCUT2D eigenvalue weighted by atomic mass is 79.9. The predicted molar refractivity (Wildman–Crippen MR) is 90.5 cm³/mol. The fourth-order valence-corrected chi connectivity index (χ4v) is 2.40. The molecule has 3 rings (SSSR count). The van der Waals surface area contributed by atoms with Crippen LogP contribution >= 0.6 is 15.9 Å². The summed E-state index contributed by atoms with van der Waals surface area (Å²) in [5.41, 5.74) is 1.37. The molecule has 1 amide bonds. The van der Waals surface area contributed by atoms with Gasteiger partial charge < -0.3 is 4.74 Å². The van der Waals surface area contributed by atoms with E-state index >= 15 is 0 Å². The number of H-pyrrole nitrogens is 1. The minimum atomic E-state index is -0.272. The lowest BCUT2D eigenvalue weighted by atomic mass is 10.2. The third-order valence-electron chi connectivity index (χ3n) is 3.16. The minimum absolute atomic E-state index is 0.223. The number of benzene rings is 2. The molecule has 1 heterocycles. The number of nitrogens with zero attached hydrogens (tertiary/aromatic N) is 2. The number of ether oxygens (including phenoxy) is 1. The normalized spacial score (nSPS) is 10.3. The van der Waals surface area contributed by atoms with Crippen molar-refractivity contribution in [2.24, 2.45) is 0 Å². The van der Waals surface area contributed by atoms with Gasteiger partial charge in [-0.1, -0.05) is 22.0 Å². The van der Waals surface area contributed by atoms with Crippen LogP contribution in [0.4, 0.5) is 5.95 Å². The van der Waals surface area contributed by atoms with E-state index in [1.54, 1.807) is 25.3 Å². The summed E-state index contributed by atoms with van der Waals surface area (Å²) in [5.74, 6) is 1.28. The van der Waals surface area contributed by atoms with Crippen LogP contribution in [0.2, 0.25) is 0 Å². The number of carbonyl (C=O) groups is 1. The van der Waals surface area contributed by atoms with Crippen LogP contribution in [-0.4, -0.2) is 28.2 Å². The Labute approximate surface area is 141 Å². The molecule has 0 saturated heterocycles. The summed E-state index contributed by atoms with van der Waals surface area (Å²) >= 11 is 3.33. The fourth-order valence-electron chi connectivity index (χ4n) is 2.00. The van der Waals surface area contributed by atoms with E-state index in [9.17, 15) is 4.79 Å². The van der Waals surface area contributed by atoms with Crippen molar-refractivity contribution >= 4 is 27.8 Å². The van der Waals surface area contributed by atoms with Crippen LogP contribution in [0.5, 0.6) is 5.75 Å². The number of hydrogen-bond donors (Lipinski definition) is 2. The number of rotatable bonds is 4. The lowest BCUT2D eigenvalue weighted by Gasteiger charge is -2.01. The van der Waals surface area contributed by atoms with Crippen molar-refractivity contribution in [2.75, 3.05) is 12.4 Å². The number of aromatic nitrogens is 3. The maximum atomic E-state index is 12.2. The Bertz CT molecular complexity index is 830. The first-order valence-electron chi connectivity index (χ1n) is 6.79. The number of amides is 1. The van der Waals surface area contributed by atoms with E-state index in [1.807, 2.05) is 30.3 Å². The average molecular weight is 373 g/mol. The Balaban J connectivity index is 1.75. The molecule has 0 aliphatic rings. The molecule has 7 heteroatoms. The maximum absolute atomic E-state index is 12.2. The van der Waals surface area contributed by atoms with E-state index in [-0.39, 0.29) is 11.9 Å². The van der Waals surface area contributed by atoms with Crippen LogP contribution in [0.25, 0.3) is 11.4 Å². The highest BCUT2D eigenvalue weighted by Crippen LogP contribution is 2.20. The van der Waals surface area contributed by atoms with Gasteiger partial charge in [-0.25, -0.2) is 0 Å². The van der Waals surface area contributed by atoms with Gasteiger partial charge in [0.25, 0.3) is 5.91 Å². The number of methoxy groups -OCH3 is 1. The van der Waals surface area contributed by atoms with E-state index in [0.717, 1.165) is 15.8 Å². The van der Waals surface area contributed by atoms with E-state index in [0.29, 0.717) is 11.4 Å². The van der Waals surface area contributed by atoms with Crippen molar-refractivity contribution in [3.8, 4) is 17.1 Å². The highest BCUT2D eigenvalue weighted by molar-refractivity contribution is 9.10. The van der Waals surface area contributed by atoms with Gasteiger partial charge in [-0.3, -0.25) is 15.2 Å². The summed E-state index contributed by atoms with van der Waals surface area (Å²) in [5, 5.41) is 9.47. The van der Waals surface area contributed by atoms with Crippen LogP contribution in [0, 0.1) is 0 Å². The van der Waals surface area contributed by atoms with Crippen molar-refractivity contribution in [1.82, 2.24) is 15.2 Å². The van der Waals surface area contributed by atoms with E-state index in [2.05, 4.69) is 36.4 Å². The van der Waals surface area contributed by atoms with Gasteiger partial charge in [0.1, 0.15) is 5.75 Å². The van der Waals surface area contributed by atoms with Gasteiger partial charge >= 0.3 is 0 Å². The summed E-state index contributed by atoms with van der Waals surface area (Å²) in [6.45, 7) is 0. The van der Waals surface area contributed by atoms with Gasteiger partial charge in [0.05, 0.1) is 7.11 Å². The first-order valence-corrected chi connectivity index (χ1v) is 7.59. The van der Waals surface area contributed by atoms with Crippen LogP contribution < -0.4 is 10.1 Å². The second-order valence-corrected chi connectivity index (χ2v) is 5.62. The Morgan fingerprint density at radius 2 is 2.00 bits per heavy atom. The van der Waals surface area contributed by atoms with Crippen molar-refractivity contribution < 1.29 is 9.53 Å². The monoisotopic (exact) mass is 372 g/mol. The molecule has 0 spiro atoms. The molecule has 0 bridgehead atoms. The summed E-state index contributed by atoms with van der Waals surface area (Å²) in [4.78, 5) is 16.4. The third-order valence-corrected chi connectivity index (χ3v) is 3.65. The summed E-state index contributed by atoms with van der Waals surface area (Å²) in [6, 6.07) is 14.5. The largest absolute Gasteiger partial charge is 0.497 e. The van der Waals surface area contributed by atoms with Crippen LogP contribution in [0.3, 0.4) is 0 Å². The first kappa shape index (κ1) is 15.2. The van der Waals surface area contributed by atoms with E-state index in [1.165, 1.54) is 0 Å². The Morgan fingerprint density at radius 1 is 1.22 bits per heavy atom. The number of carbonyl (C=O) groups excluding carboxylic acids is 1. The zero-order valence-electron chi connectivity index (χ0n) is 12.2. The minimum Gasteiger partial charge on any atom is -0.497 e. The number of hydrogen-bond acceptors (Lipinski definition) is 4. The molecule has 0 radical (unpaired) electrons. The molecule has 0 saturated carbocycles. The molecular weight excluding hydrogens is 360 g/mol. The van der Waals surface area contributed by atoms with Crippen molar-refractivity contribution in [3.63, 3.8) is 0 Å². The molecule has 2 aromatic carbocycles. The molecule has 6 nitrogen and oxygen atoms in total. The molecule has 0 aliphatic carbocycles. The lowest BCUT2D eigenvalue weighted by Crippen LogP contribution is -2.12. The average Bonchev–Trinajstić information content (AvgIpc) is 3.03. The molecule has 23 heavy (non-hydrogen) atoms. The van der Waals surface area contributed by atoms with Gasteiger partial charge in [0, 0.05) is 15.6 Å². The summed E-state index contributed by atoms with van der Waals surface area (Å²) < 4.78 is 5.95. The number of nitrogens with one attached hydrogen (secondary N) is 2. The molecule has 3 aromatic rings. The van der Waals surface area contributed by atoms with Crippen LogP contribution in [-0.2, 0) is 0 Å². The molecule has 0 atom stereocenters. The second kappa shape index (κ2) is 6.62. The van der Waals surface area contributed by atoms with Gasteiger partial charge in [0.2, 0.25) is 5.95 Å². The zero-order valence-corrected chi connectivity index (χ0v) is 13.8. The first-order chi connectivity index (χ1) is 11.2. The highest BCUT2D eigenvalue weighted by Gasteiger charge is 2.11. The van der Waals surface area contributed by atoms with E-state index < -0.39 is 0 Å². The van der Waals surface area contributed by atoms with Crippen molar-refractivity contribution in [3.05, 3.63) is 58.6 Å². The SMILES string of the molecule is COc1ccc(-c2nc(NC(=O)c3cccc(Br)c3)n[nH]2)cc1. The Morgan fingerprint density at radius 3 is 2.70 bits per heavy atom. The molecule has 1 aromatic heterocycles. The van der Waals surface area contributed by atoms with Gasteiger partial charge in [-0.05, 0) is 42.5 Å². The predicted octanol–water partition coefficient (Wildman–Crippen LogP) is 3.50. The molecule has 0 fully saturated rings. The number of halogens is 1. The smallest absolute Gasteiger partial charge is 0.258 e. The van der Waals surface area contributed by atoms with Crippen molar-refractivity contribution in [2.45, 2.75) is 0 Å². The topological polar surface area (TPSA) is 79.9 Å². The van der Waals surface area contributed by atoms with Crippen LogP contribution in [0.1, 0.15) is 10.4 Å².